The average Bonchev–Trinajstić information content (AvgIpc) is 2.96. The molecule has 1 aliphatic rings. The van der Waals surface area contributed by atoms with Crippen LogP contribution in [0.3, 0.4) is 0 Å². The van der Waals surface area contributed by atoms with E-state index in [1.165, 1.54) is 0 Å². The minimum absolute atomic E-state index is 0. The Kier molecular flexibility index (Phi) is 11.5. The number of aliphatic hydroxyl groups excluding tert-OH is 1. The van der Waals surface area contributed by atoms with Crippen LogP contribution in [0.4, 0.5) is 0 Å². The van der Waals surface area contributed by atoms with E-state index in [4.69, 9.17) is 0 Å². The smallest absolute Gasteiger partial charge is 0.253 e. The van der Waals surface area contributed by atoms with Crippen molar-refractivity contribution >= 4 is 24.2 Å². The van der Waals surface area contributed by atoms with E-state index < -0.39 is 12.1 Å². The third-order valence-corrected chi connectivity index (χ3v) is 7.20. The SMILES string of the molecule is C[C@@H](NC[C@@H](O)[C@H](Cc1ccccc1)NC(=O)c1ccc(C(=O)N2CCN(C)CC2)cc1)c1ccccc1.Cl. The number of amides is 2. The number of hydrogen-bond acceptors (Lipinski definition) is 5. The Morgan fingerprint density at radius 1 is 0.846 bits per heavy atom. The van der Waals surface area contributed by atoms with Crippen LogP contribution in [0.2, 0.25) is 0 Å². The first kappa shape index (κ1) is 30.3. The minimum atomic E-state index is -0.802. The maximum atomic E-state index is 13.2. The summed E-state index contributed by atoms with van der Waals surface area (Å²) < 4.78 is 0. The fourth-order valence-corrected chi connectivity index (χ4v) is 4.66. The number of piperazine rings is 1. The van der Waals surface area contributed by atoms with Gasteiger partial charge in [0.15, 0.2) is 0 Å². The average molecular weight is 551 g/mol. The minimum Gasteiger partial charge on any atom is -0.390 e. The van der Waals surface area contributed by atoms with Gasteiger partial charge in [0.05, 0.1) is 12.1 Å². The summed E-state index contributed by atoms with van der Waals surface area (Å²) in [4.78, 5) is 30.1. The Balaban J connectivity index is 0.00000420. The summed E-state index contributed by atoms with van der Waals surface area (Å²) in [6, 6.07) is 26.2. The zero-order valence-corrected chi connectivity index (χ0v) is 23.4. The summed E-state index contributed by atoms with van der Waals surface area (Å²) in [6.07, 6.45) is -0.307. The molecule has 3 aromatic carbocycles. The van der Waals surface area contributed by atoms with Crippen LogP contribution in [0.15, 0.2) is 84.9 Å². The number of carbonyl (C=O) groups excluding carboxylic acids is 2. The van der Waals surface area contributed by atoms with Crippen LogP contribution in [0.25, 0.3) is 0 Å². The van der Waals surface area contributed by atoms with E-state index in [0.29, 0.717) is 37.2 Å². The largest absolute Gasteiger partial charge is 0.390 e. The molecule has 1 aliphatic heterocycles. The molecule has 0 radical (unpaired) electrons. The molecule has 0 unspecified atom stereocenters. The number of nitrogens with one attached hydrogen (secondary N) is 2. The lowest BCUT2D eigenvalue weighted by Crippen LogP contribution is -2.49. The third kappa shape index (κ3) is 8.63. The lowest BCUT2D eigenvalue weighted by molar-refractivity contribution is 0.0663. The van der Waals surface area contributed by atoms with Crippen LogP contribution in [-0.2, 0) is 6.42 Å². The highest BCUT2D eigenvalue weighted by atomic mass is 35.5. The molecule has 0 aromatic heterocycles. The highest BCUT2D eigenvalue weighted by Crippen LogP contribution is 2.14. The van der Waals surface area contributed by atoms with Crippen LogP contribution < -0.4 is 10.6 Å². The number of aliphatic hydroxyl groups is 1. The second kappa shape index (κ2) is 14.8. The summed E-state index contributed by atoms with van der Waals surface area (Å²) in [6.45, 7) is 5.50. The van der Waals surface area contributed by atoms with Crippen LogP contribution in [-0.4, -0.2) is 78.6 Å². The van der Waals surface area contributed by atoms with E-state index in [1.807, 2.05) is 65.6 Å². The maximum absolute atomic E-state index is 13.2. The number of benzene rings is 3. The van der Waals surface area contributed by atoms with Crippen molar-refractivity contribution < 1.29 is 14.7 Å². The predicted molar refractivity (Wildman–Crippen MR) is 157 cm³/mol. The first-order valence-corrected chi connectivity index (χ1v) is 13.3. The topological polar surface area (TPSA) is 84.9 Å². The molecule has 39 heavy (non-hydrogen) atoms. The van der Waals surface area contributed by atoms with Crippen LogP contribution in [0.1, 0.15) is 44.8 Å². The Labute approximate surface area is 237 Å². The molecule has 1 saturated heterocycles. The molecule has 3 aromatic rings. The van der Waals surface area contributed by atoms with E-state index in [2.05, 4.69) is 29.5 Å². The van der Waals surface area contributed by atoms with Crippen LogP contribution >= 0.6 is 12.4 Å². The summed E-state index contributed by atoms with van der Waals surface area (Å²) in [5.41, 5.74) is 3.19. The lowest BCUT2D eigenvalue weighted by atomic mass is 9.99. The Morgan fingerprint density at radius 2 is 1.41 bits per heavy atom. The van der Waals surface area contributed by atoms with E-state index in [0.717, 1.165) is 24.2 Å². The van der Waals surface area contributed by atoms with Gasteiger partial charge in [-0.15, -0.1) is 12.4 Å². The number of nitrogens with zero attached hydrogens (tertiary/aromatic N) is 2. The van der Waals surface area contributed by atoms with Crippen LogP contribution in [0, 0.1) is 0 Å². The van der Waals surface area contributed by atoms with Gasteiger partial charge in [0.2, 0.25) is 0 Å². The molecule has 4 rings (SSSR count). The molecule has 0 aliphatic carbocycles. The van der Waals surface area contributed by atoms with Crippen LogP contribution in [0.5, 0.6) is 0 Å². The van der Waals surface area contributed by atoms with Crippen molar-refractivity contribution in [3.8, 4) is 0 Å². The quantitative estimate of drug-likeness (QED) is 0.359. The molecule has 0 bridgehead atoms. The van der Waals surface area contributed by atoms with Gasteiger partial charge >= 0.3 is 0 Å². The standard InChI is InChI=1S/C31H38N4O3.ClH/c1-23(25-11-7-4-8-12-25)32-22-29(36)28(21-24-9-5-3-6-10-24)33-30(37)26-13-15-27(16-14-26)31(38)35-19-17-34(2)18-20-35;/h3-16,23,28-29,32,36H,17-22H2,1-2H3,(H,33,37);1H/t23-,28+,29-;/m1./s1. The molecule has 7 nitrogen and oxygen atoms in total. The molecule has 3 N–H and O–H groups in total. The van der Waals surface area contributed by atoms with E-state index >= 15 is 0 Å². The third-order valence-electron chi connectivity index (χ3n) is 7.20. The number of rotatable bonds is 10. The number of carbonyl (C=O) groups is 2. The van der Waals surface area contributed by atoms with Crippen molar-refractivity contribution in [1.29, 1.82) is 0 Å². The Hall–Kier alpha value is -3.23. The molecular formula is C31H39ClN4O3. The van der Waals surface area contributed by atoms with E-state index in [9.17, 15) is 14.7 Å². The zero-order chi connectivity index (χ0) is 26.9. The van der Waals surface area contributed by atoms with Crippen molar-refractivity contribution in [2.24, 2.45) is 0 Å². The van der Waals surface area contributed by atoms with Gasteiger partial charge in [0, 0.05) is 49.9 Å². The molecular weight excluding hydrogens is 512 g/mol. The number of halogens is 1. The highest BCUT2D eigenvalue weighted by Gasteiger charge is 2.24. The van der Waals surface area contributed by atoms with Gasteiger partial charge in [-0.25, -0.2) is 0 Å². The summed E-state index contributed by atoms with van der Waals surface area (Å²) in [5.74, 6) is -0.291. The normalized spacial score (nSPS) is 16.0. The van der Waals surface area contributed by atoms with Gasteiger partial charge in [-0.3, -0.25) is 9.59 Å². The second-order valence-electron chi connectivity index (χ2n) is 10.1. The molecule has 1 heterocycles. The van der Waals surface area contributed by atoms with Gasteiger partial charge in [-0.2, -0.15) is 0 Å². The number of hydrogen-bond donors (Lipinski definition) is 3. The Morgan fingerprint density at radius 3 is 2.03 bits per heavy atom. The molecule has 0 spiro atoms. The van der Waals surface area contributed by atoms with Crippen molar-refractivity contribution in [2.45, 2.75) is 31.5 Å². The maximum Gasteiger partial charge on any atom is 0.253 e. The van der Waals surface area contributed by atoms with Crippen molar-refractivity contribution in [3.05, 3.63) is 107 Å². The monoisotopic (exact) mass is 550 g/mol. The van der Waals surface area contributed by atoms with Crippen molar-refractivity contribution in [1.82, 2.24) is 20.4 Å². The molecule has 2 amide bonds. The predicted octanol–water partition coefficient (Wildman–Crippen LogP) is 3.55. The van der Waals surface area contributed by atoms with E-state index in [-0.39, 0.29) is 30.3 Å². The Bertz CT molecular complexity index is 1170. The van der Waals surface area contributed by atoms with Crippen molar-refractivity contribution in [2.75, 3.05) is 39.8 Å². The highest BCUT2D eigenvalue weighted by molar-refractivity contribution is 5.98. The molecule has 3 atom stereocenters. The number of likely N-dealkylation sites (N-methyl/N-ethyl adjacent to an activating group) is 1. The first-order chi connectivity index (χ1) is 18.4. The van der Waals surface area contributed by atoms with Crippen molar-refractivity contribution in [3.63, 3.8) is 0 Å². The molecule has 0 saturated carbocycles. The molecule has 208 valence electrons. The van der Waals surface area contributed by atoms with Gasteiger partial charge in [0.1, 0.15) is 0 Å². The second-order valence-corrected chi connectivity index (χ2v) is 10.1. The zero-order valence-electron chi connectivity index (χ0n) is 22.6. The van der Waals surface area contributed by atoms with E-state index in [1.54, 1.807) is 24.3 Å². The summed E-state index contributed by atoms with van der Waals surface area (Å²) >= 11 is 0. The van der Waals surface area contributed by atoms with Gasteiger partial charge in [-0.1, -0.05) is 60.7 Å². The molecule has 1 fully saturated rings. The first-order valence-electron chi connectivity index (χ1n) is 13.3. The summed E-state index contributed by atoms with van der Waals surface area (Å²) in [7, 11) is 2.05. The van der Waals surface area contributed by atoms with Gasteiger partial charge in [-0.05, 0) is 55.8 Å². The fourth-order valence-electron chi connectivity index (χ4n) is 4.66. The molecule has 8 heteroatoms. The van der Waals surface area contributed by atoms with Gasteiger partial charge < -0.3 is 25.5 Å². The summed E-state index contributed by atoms with van der Waals surface area (Å²) in [5, 5.41) is 17.5. The van der Waals surface area contributed by atoms with Gasteiger partial charge in [0.25, 0.3) is 11.8 Å². The lowest BCUT2D eigenvalue weighted by Gasteiger charge is -2.32. The fraction of sp³-hybridized carbons (Fsp3) is 0.355.